The molecule has 88 valence electrons. The van der Waals surface area contributed by atoms with Crippen molar-refractivity contribution < 1.29 is 5.11 Å². The maximum Gasteiger partial charge on any atom is 0.0805 e. The van der Waals surface area contributed by atoms with Gasteiger partial charge in [-0.1, -0.05) is 30.2 Å². The average Bonchev–Trinajstić information content (AvgIpc) is 2.30. The van der Waals surface area contributed by atoms with Crippen LogP contribution in [0.2, 0.25) is 5.02 Å². The van der Waals surface area contributed by atoms with Gasteiger partial charge in [0, 0.05) is 11.1 Å². The van der Waals surface area contributed by atoms with Gasteiger partial charge in [-0.25, -0.2) is 0 Å². The summed E-state index contributed by atoms with van der Waals surface area (Å²) in [6.07, 6.45) is 4.05. The van der Waals surface area contributed by atoms with Gasteiger partial charge >= 0.3 is 0 Å². The van der Waals surface area contributed by atoms with Crippen molar-refractivity contribution in [2.45, 2.75) is 37.8 Å². The van der Waals surface area contributed by atoms with E-state index in [-0.39, 0.29) is 0 Å². The molecule has 3 heteroatoms. The van der Waals surface area contributed by atoms with Crippen molar-refractivity contribution in [2.75, 3.05) is 6.54 Å². The number of hydrogen-bond donors (Lipinski definition) is 2. The van der Waals surface area contributed by atoms with Gasteiger partial charge in [0.1, 0.15) is 0 Å². The Kier molecular flexibility index (Phi) is 4.22. The first-order valence-corrected chi connectivity index (χ1v) is 6.30. The van der Waals surface area contributed by atoms with Crippen LogP contribution >= 0.6 is 11.6 Å². The molecule has 1 aliphatic heterocycles. The van der Waals surface area contributed by atoms with Crippen molar-refractivity contribution in [1.29, 1.82) is 0 Å². The molecule has 0 spiro atoms. The third-order valence-corrected chi connectivity index (χ3v) is 3.39. The first kappa shape index (κ1) is 11.9. The third kappa shape index (κ3) is 3.21. The quantitative estimate of drug-likeness (QED) is 0.850. The van der Waals surface area contributed by atoms with Crippen LogP contribution in [-0.2, 0) is 0 Å². The molecule has 1 fully saturated rings. The molecule has 1 aromatic carbocycles. The minimum atomic E-state index is -0.408. The van der Waals surface area contributed by atoms with Crippen LogP contribution in [-0.4, -0.2) is 17.7 Å². The molecular weight excluding hydrogens is 222 g/mol. The summed E-state index contributed by atoms with van der Waals surface area (Å²) in [5, 5.41) is 14.2. The van der Waals surface area contributed by atoms with Crippen LogP contribution in [0.5, 0.6) is 0 Å². The number of rotatable bonds is 3. The highest BCUT2D eigenvalue weighted by Gasteiger charge is 2.17. The fraction of sp³-hybridized carbons (Fsp3) is 0.538. The van der Waals surface area contributed by atoms with Gasteiger partial charge in [-0.3, -0.25) is 0 Å². The third-order valence-electron chi connectivity index (χ3n) is 3.15. The lowest BCUT2D eigenvalue weighted by molar-refractivity contribution is 0.144. The highest BCUT2D eigenvalue weighted by molar-refractivity contribution is 6.30. The molecule has 2 N–H and O–H groups in total. The SMILES string of the molecule is OC(CC1CCCCN1)c1cccc(Cl)c1. The van der Waals surface area contributed by atoms with Gasteiger partial charge in [0.2, 0.25) is 0 Å². The Hall–Kier alpha value is -0.570. The molecule has 0 aliphatic carbocycles. The summed E-state index contributed by atoms with van der Waals surface area (Å²) in [6.45, 7) is 1.08. The van der Waals surface area contributed by atoms with Crippen LogP contribution in [0.4, 0.5) is 0 Å². The topological polar surface area (TPSA) is 32.3 Å². The van der Waals surface area contributed by atoms with Crippen LogP contribution in [0.3, 0.4) is 0 Å². The Labute approximate surface area is 102 Å². The van der Waals surface area contributed by atoms with E-state index in [0.717, 1.165) is 24.9 Å². The largest absolute Gasteiger partial charge is 0.388 e. The zero-order chi connectivity index (χ0) is 11.4. The molecule has 1 aliphatic rings. The molecule has 0 saturated carbocycles. The molecule has 1 aromatic rings. The van der Waals surface area contributed by atoms with E-state index in [4.69, 9.17) is 11.6 Å². The molecule has 2 unspecified atom stereocenters. The lowest BCUT2D eigenvalue weighted by atomic mass is 9.96. The van der Waals surface area contributed by atoms with E-state index in [1.165, 1.54) is 12.8 Å². The molecule has 2 rings (SSSR count). The van der Waals surface area contributed by atoms with Crippen molar-refractivity contribution in [3.63, 3.8) is 0 Å². The first-order valence-electron chi connectivity index (χ1n) is 5.92. The van der Waals surface area contributed by atoms with E-state index in [9.17, 15) is 5.11 Å². The van der Waals surface area contributed by atoms with E-state index in [1.807, 2.05) is 24.3 Å². The van der Waals surface area contributed by atoms with Gasteiger partial charge < -0.3 is 10.4 Å². The monoisotopic (exact) mass is 239 g/mol. The smallest absolute Gasteiger partial charge is 0.0805 e. The summed E-state index contributed by atoms with van der Waals surface area (Å²) in [7, 11) is 0. The number of aliphatic hydroxyl groups excluding tert-OH is 1. The summed E-state index contributed by atoms with van der Waals surface area (Å²) in [6, 6.07) is 7.93. The van der Waals surface area contributed by atoms with E-state index < -0.39 is 6.10 Å². The predicted molar refractivity (Wildman–Crippen MR) is 66.7 cm³/mol. The summed E-state index contributed by atoms with van der Waals surface area (Å²) in [5.41, 5.74) is 0.917. The average molecular weight is 240 g/mol. The zero-order valence-electron chi connectivity index (χ0n) is 9.32. The van der Waals surface area contributed by atoms with E-state index >= 15 is 0 Å². The number of piperidine rings is 1. The Balaban J connectivity index is 1.94. The number of aliphatic hydroxyl groups is 1. The molecular formula is C13H18ClNO. The first-order chi connectivity index (χ1) is 7.75. The summed E-state index contributed by atoms with van der Waals surface area (Å²) in [5.74, 6) is 0. The summed E-state index contributed by atoms with van der Waals surface area (Å²) < 4.78 is 0. The van der Waals surface area contributed by atoms with Crippen molar-refractivity contribution in [3.05, 3.63) is 34.9 Å². The Morgan fingerprint density at radius 3 is 3.00 bits per heavy atom. The fourth-order valence-corrected chi connectivity index (χ4v) is 2.44. The molecule has 0 bridgehead atoms. The molecule has 0 amide bonds. The minimum Gasteiger partial charge on any atom is -0.388 e. The molecule has 2 atom stereocenters. The zero-order valence-corrected chi connectivity index (χ0v) is 10.1. The van der Waals surface area contributed by atoms with Crippen LogP contribution in [0.15, 0.2) is 24.3 Å². The van der Waals surface area contributed by atoms with Gasteiger partial charge in [0.05, 0.1) is 6.10 Å². The number of halogens is 1. The van der Waals surface area contributed by atoms with Crippen LogP contribution in [0.1, 0.15) is 37.4 Å². The van der Waals surface area contributed by atoms with Gasteiger partial charge in [0.25, 0.3) is 0 Å². The Bertz CT molecular complexity index is 336. The molecule has 2 nitrogen and oxygen atoms in total. The van der Waals surface area contributed by atoms with E-state index in [2.05, 4.69) is 5.32 Å². The fourth-order valence-electron chi connectivity index (χ4n) is 2.24. The molecule has 0 radical (unpaired) electrons. The maximum absolute atomic E-state index is 10.1. The Morgan fingerprint density at radius 2 is 2.31 bits per heavy atom. The highest BCUT2D eigenvalue weighted by Crippen LogP contribution is 2.23. The molecule has 16 heavy (non-hydrogen) atoms. The second-order valence-electron chi connectivity index (χ2n) is 4.45. The maximum atomic E-state index is 10.1. The van der Waals surface area contributed by atoms with Gasteiger partial charge in [-0.15, -0.1) is 0 Å². The van der Waals surface area contributed by atoms with Crippen LogP contribution in [0.25, 0.3) is 0 Å². The lowest BCUT2D eigenvalue weighted by Gasteiger charge is -2.25. The second-order valence-corrected chi connectivity index (χ2v) is 4.89. The van der Waals surface area contributed by atoms with Gasteiger partial charge in [-0.05, 0) is 43.5 Å². The number of benzene rings is 1. The van der Waals surface area contributed by atoms with E-state index in [0.29, 0.717) is 11.1 Å². The normalized spacial score (nSPS) is 23.0. The number of nitrogens with one attached hydrogen (secondary N) is 1. The van der Waals surface area contributed by atoms with Crippen molar-refractivity contribution >= 4 is 11.6 Å². The Morgan fingerprint density at radius 1 is 1.44 bits per heavy atom. The lowest BCUT2D eigenvalue weighted by Crippen LogP contribution is -2.35. The van der Waals surface area contributed by atoms with Gasteiger partial charge in [-0.2, -0.15) is 0 Å². The van der Waals surface area contributed by atoms with Crippen molar-refractivity contribution in [1.82, 2.24) is 5.32 Å². The minimum absolute atomic E-state index is 0.408. The van der Waals surface area contributed by atoms with Crippen molar-refractivity contribution in [3.8, 4) is 0 Å². The summed E-state index contributed by atoms with van der Waals surface area (Å²) in [4.78, 5) is 0. The van der Waals surface area contributed by atoms with Crippen LogP contribution in [0, 0.1) is 0 Å². The number of hydrogen-bond acceptors (Lipinski definition) is 2. The van der Waals surface area contributed by atoms with Gasteiger partial charge in [0.15, 0.2) is 0 Å². The summed E-state index contributed by atoms with van der Waals surface area (Å²) >= 11 is 5.90. The standard InChI is InChI=1S/C13H18ClNO/c14-11-5-3-4-10(8-11)13(16)9-12-6-1-2-7-15-12/h3-5,8,12-13,15-16H,1-2,6-7,9H2. The molecule has 1 saturated heterocycles. The molecule has 1 heterocycles. The second kappa shape index (κ2) is 5.67. The predicted octanol–water partition coefficient (Wildman–Crippen LogP) is 2.91. The van der Waals surface area contributed by atoms with Crippen molar-refractivity contribution in [2.24, 2.45) is 0 Å². The molecule has 0 aromatic heterocycles. The highest BCUT2D eigenvalue weighted by atomic mass is 35.5. The van der Waals surface area contributed by atoms with E-state index in [1.54, 1.807) is 0 Å². The van der Waals surface area contributed by atoms with Crippen LogP contribution < -0.4 is 5.32 Å².